The minimum Gasteiger partial charge on any atom is -0.388 e. The Morgan fingerprint density at radius 1 is 1.36 bits per heavy atom. The van der Waals surface area contributed by atoms with E-state index in [1.165, 1.54) is 0 Å². The van der Waals surface area contributed by atoms with Crippen LogP contribution in [0.1, 0.15) is 19.3 Å². The molecule has 1 atom stereocenters. The van der Waals surface area contributed by atoms with Gasteiger partial charge in [0.05, 0.1) is 5.60 Å². The minimum atomic E-state index is -0.484. The molecule has 0 spiro atoms. The molecule has 1 unspecified atom stereocenters. The topological polar surface area (TPSA) is 58.3 Å². The Kier molecular flexibility index (Phi) is 1.50. The second-order valence-electron chi connectivity index (χ2n) is 3.94. The van der Waals surface area contributed by atoms with Crippen LogP contribution in [0, 0.1) is 5.41 Å². The zero-order chi connectivity index (χ0) is 7.95. The molecule has 11 heavy (non-hydrogen) atoms. The molecule has 2 fully saturated rings. The molecule has 1 aliphatic heterocycles. The van der Waals surface area contributed by atoms with Gasteiger partial charge in [0.1, 0.15) is 0 Å². The first-order valence-electron chi connectivity index (χ1n) is 4.36. The second kappa shape index (κ2) is 2.19. The average Bonchev–Trinajstić information content (AvgIpc) is 2.71. The normalized spacial score (nSPS) is 40.9. The molecule has 1 heterocycles. The van der Waals surface area contributed by atoms with E-state index in [0.29, 0.717) is 6.54 Å². The third-order valence-corrected chi connectivity index (χ3v) is 3.36. The maximum Gasteiger partial charge on any atom is 0.0851 e. The number of hydrogen-bond acceptors (Lipinski definition) is 3. The molecule has 1 saturated carbocycles. The van der Waals surface area contributed by atoms with E-state index >= 15 is 0 Å². The van der Waals surface area contributed by atoms with Gasteiger partial charge in [-0.3, -0.25) is 0 Å². The molecule has 0 radical (unpaired) electrons. The van der Waals surface area contributed by atoms with E-state index in [0.717, 1.165) is 32.4 Å². The van der Waals surface area contributed by atoms with Crippen molar-refractivity contribution >= 4 is 0 Å². The first-order valence-corrected chi connectivity index (χ1v) is 4.36. The highest BCUT2D eigenvalue weighted by Gasteiger charge is 2.58. The van der Waals surface area contributed by atoms with E-state index in [1.807, 2.05) is 0 Å². The summed E-state index contributed by atoms with van der Waals surface area (Å²) in [5.41, 5.74) is 5.24. The Labute approximate surface area is 67.0 Å². The predicted octanol–water partition coefficient (Wildman–Crippen LogP) is -0.550. The molecule has 3 heteroatoms. The molecule has 1 aliphatic carbocycles. The fourth-order valence-electron chi connectivity index (χ4n) is 2.14. The van der Waals surface area contributed by atoms with E-state index in [4.69, 9.17) is 5.73 Å². The zero-order valence-electron chi connectivity index (χ0n) is 6.77. The van der Waals surface area contributed by atoms with E-state index < -0.39 is 5.60 Å². The number of nitrogens with one attached hydrogen (secondary N) is 1. The fraction of sp³-hybridized carbons (Fsp3) is 1.00. The van der Waals surface area contributed by atoms with Gasteiger partial charge in [0.2, 0.25) is 0 Å². The van der Waals surface area contributed by atoms with E-state index in [-0.39, 0.29) is 5.41 Å². The van der Waals surface area contributed by atoms with Crippen molar-refractivity contribution in [2.75, 3.05) is 19.6 Å². The first kappa shape index (κ1) is 7.53. The molecular weight excluding hydrogens is 140 g/mol. The summed E-state index contributed by atoms with van der Waals surface area (Å²) in [5, 5.41) is 13.3. The van der Waals surface area contributed by atoms with Crippen molar-refractivity contribution in [3.8, 4) is 0 Å². The standard InChI is InChI=1S/C8H16N2O/c9-5-7(1-2-7)8(11)3-4-10-6-8/h10-11H,1-6,9H2. The Bertz CT molecular complexity index is 159. The highest BCUT2D eigenvalue weighted by atomic mass is 16.3. The van der Waals surface area contributed by atoms with Gasteiger partial charge < -0.3 is 16.2 Å². The van der Waals surface area contributed by atoms with Gasteiger partial charge in [-0.2, -0.15) is 0 Å². The Hall–Kier alpha value is -0.120. The van der Waals surface area contributed by atoms with Gasteiger partial charge in [-0.1, -0.05) is 0 Å². The summed E-state index contributed by atoms with van der Waals surface area (Å²) in [4.78, 5) is 0. The summed E-state index contributed by atoms with van der Waals surface area (Å²) < 4.78 is 0. The van der Waals surface area contributed by atoms with Gasteiger partial charge in [0.25, 0.3) is 0 Å². The van der Waals surface area contributed by atoms with Crippen molar-refractivity contribution in [3.63, 3.8) is 0 Å². The molecule has 64 valence electrons. The van der Waals surface area contributed by atoms with Crippen molar-refractivity contribution in [2.24, 2.45) is 11.1 Å². The smallest absolute Gasteiger partial charge is 0.0851 e. The molecular formula is C8H16N2O. The highest BCUT2D eigenvalue weighted by molar-refractivity contribution is 5.11. The Balaban J connectivity index is 2.12. The van der Waals surface area contributed by atoms with Crippen molar-refractivity contribution in [2.45, 2.75) is 24.9 Å². The van der Waals surface area contributed by atoms with Crippen molar-refractivity contribution in [1.29, 1.82) is 0 Å². The monoisotopic (exact) mass is 156 g/mol. The molecule has 1 saturated heterocycles. The van der Waals surface area contributed by atoms with Gasteiger partial charge in [-0.05, 0) is 25.8 Å². The molecule has 3 nitrogen and oxygen atoms in total. The SMILES string of the molecule is NCC1(C2(O)CCNC2)CC1. The molecule has 2 aliphatic rings. The average molecular weight is 156 g/mol. The van der Waals surface area contributed by atoms with Gasteiger partial charge >= 0.3 is 0 Å². The van der Waals surface area contributed by atoms with Crippen molar-refractivity contribution < 1.29 is 5.11 Å². The van der Waals surface area contributed by atoms with Crippen LogP contribution in [0.4, 0.5) is 0 Å². The third-order valence-electron chi connectivity index (χ3n) is 3.36. The van der Waals surface area contributed by atoms with Crippen LogP contribution in [0.15, 0.2) is 0 Å². The summed E-state index contributed by atoms with van der Waals surface area (Å²) in [6, 6.07) is 0. The largest absolute Gasteiger partial charge is 0.388 e. The molecule has 0 bridgehead atoms. The molecule has 0 amide bonds. The number of nitrogens with two attached hydrogens (primary N) is 1. The van der Waals surface area contributed by atoms with Crippen molar-refractivity contribution in [1.82, 2.24) is 5.32 Å². The molecule has 2 rings (SSSR count). The maximum atomic E-state index is 10.1. The quantitative estimate of drug-likeness (QED) is 0.503. The van der Waals surface area contributed by atoms with Gasteiger partial charge in [0, 0.05) is 18.5 Å². The summed E-state index contributed by atoms with van der Waals surface area (Å²) in [7, 11) is 0. The van der Waals surface area contributed by atoms with E-state index in [9.17, 15) is 5.11 Å². The van der Waals surface area contributed by atoms with Crippen LogP contribution in [0.25, 0.3) is 0 Å². The summed E-state index contributed by atoms with van der Waals surface area (Å²) >= 11 is 0. The van der Waals surface area contributed by atoms with E-state index in [2.05, 4.69) is 5.32 Å². The number of aliphatic hydroxyl groups is 1. The Morgan fingerprint density at radius 2 is 2.09 bits per heavy atom. The van der Waals surface area contributed by atoms with Crippen LogP contribution in [-0.4, -0.2) is 30.3 Å². The van der Waals surface area contributed by atoms with E-state index in [1.54, 1.807) is 0 Å². The van der Waals surface area contributed by atoms with Crippen LogP contribution in [0.5, 0.6) is 0 Å². The molecule has 0 aromatic rings. The first-order chi connectivity index (χ1) is 5.22. The van der Waals surface area contributed by atoms with Crippen LogP contribution in [0.2, 0.25) is 0 Å². The maximum absolute atomic E-state index is 10.1. The minimum absolute atomic E-state index is 0.0799. The number of β-amino-alcohol motifs (C(OH)–C–C–N with tert-alkyl or cyclic N) is 1. The predicted molar refractivity (Wildman–Crippen MR) is 43.2 cm³/mol. The molecule has 0 aromatic heterocycles. The highest BCUT2D eigenvalue weighted by Crippen LogP contribution is 2.55. The second-order valence-corrected chi connectivity index (χ2v) is 3.94. The van der Waals surface area contributed by atoms with Crippen LogP contribution in [-0.2, 0) is 0 Å². The van der Waals surface area contributed by atoms with Crippen LogP contribution >= 0.6 is 0 Å². The lowest BCUT2D eigenvalue weighted by molar-refractivity contribution is -0.0102. The molecule has 0 aromatic carbocycles. The lowest BCUT2D eigenvalue weighted by atomic mass is 9.83. The van der Waals surface area contributed by atoms with Crippen LogP contribution in [0.3, 0.4) is 0 Å². The van der Waals surface area contributed by atoms with Gasteiger partial charge in [-0.15, -0.1) is 0 Å². The summed E-state index contributed by atoms with van der Waals surface area (Å²) in [6.07, 6.45) is 3.10. The van der Waals surface area contributed by atoms with Gasteiger partial charge in [0.15, 0.2) is 0 Å². The summed E-state index contributed by atoms with van der Waals surface area (Å²) in [5.74, 6) is 0. The lowest BCUT2D eigenvalue weighted by Crippen LogP contribution is -2.45. The zero-order valence-corrected chi connectivity index (χ0v) is 6.77. The molecule has 4 N–H and O–H groups in total. The Morgan fingerprint density at radius 3 is 2.45 bits per heavy atom. The van der Waals surface area contributed by atoms with Crippen molar-refractivity contribution in [3.05, 3.63) is 0 Å². The lowest BCUT2D eigenvalue weighted by Gasteiger charge is -2.31. The van der Waals surface area contributed by atoms with Gasteiger partial charge in [-0.25, -0.2) is 0 Å². The fourth-order valence-corrected chi connectivity index (χ4v) is 2.14. The summed E-state index contributed by atoms with van der Waals surface area (Å²) in [6.45, 7) is 2.33. The number of rotatable bonds is 2. The number of hydrogen-bond donors (Lipinski definition) is 3. The third kappa shape index (κ3) is 0.916. The van der Waals surface area contributed by atoms with Crippen LogP contribution < -0.4 is 11.1 Å².